The van der Waals surface area contributed by atoms with E-state index in [-0.39, 0.29) is 12.4 Å². The predicted octanol–water partition coefficient (Wildman–Crippen LogP) is 2.07. The average molecular weight is 312 g/mol. The number of hydrogen-bond donors (Lipinski definition) is 2. The Kier molecular flexibility index (Phi) is 4.14. The maximum atomic E-state index is 12.1. The van der Waals surface area contributed by atoms with Crippen LogP contribution in [0.15, 0.2) is 53.6 Å². The number of hydrazone groups is 1. The van der Waals surface area contributed by atoms with Gasteiger partial charge in [-0.05, 0) is 31.2 Å². The molecule has 1 unspecified atom stereocenters. The molecule has 2 N–H and O–H groups in total. The molecule has 1 amide bonds. The van der Waals surface area contributed by atoms with E-state index < -0.39 is 12.0 Å². The van der Waals surface area contributed by atoms with Gasteiger partial charge in [-0.25, -0.2) is 5.43 Å². The Morgan fingerprint density at radius 2 is 1.87 bits per heavy atom. The van der Waals surface area contributed by atoms with Crippen molar-refractivity contribution >= 4 is 11.6 Å². The topological polar surface area (TPSA) is 80.2 Å². The molecule has 0 aromatic heterocycles. The Balaban J connectivity index is 1.66. The molecule has 0 fully saturated rings. The summed E-state index contributed by atoms with van der Waals surface area (Å²) >= 11 is 0. The van der Waals surface area contributed by atoms with Crippen LogP contribution in [0.4, 0.5) is 0 Å². The van der Waals surface area contributed by atoms with Gasteiger partial charge in [0.05, 0.1) is 5.71 Å². The summed E-state index contributed by atoms with van der Waals surface area (Å²) in [6.45, 7) is 1.82. The lowest BCUT2D eigenvalue weighted by Crippen LogP contribution is -2.42. The molecular formula is C17H16N2O4. The molecule has 2 aromatic rings. The molecule has 0 radical (unpaired) electrons. The first-order chi connectivity index (χ1) is 11.1. The van der Waals surface area contributed by atoms with Gasteiger partial charge in [0.15, 0.2) is 11.5 Å². The molecule has 1 heterocycles. The average Bonchev–Trinajstić information content (AvgIpc) is 2.59. The number of nitrogens with zero attached hydrogens (tertiary/aromatic N) is 1. The van der Waals surface area contributed by atoms with Crippen LogP contribution in [-0.4, -0.2) is 29.4 Å². The van der Waals surface area contributed by atoms with E-state index in [9.17, 15) is 9.90 Å². The molecule has 0 aliphatic carbocycles. The van der Waals surface area contributed by atoms with Crippen molar-refractivity contribution in [2.24, 2.45) is 5.10 Å². The monoisotopic (exact) mass is 312 g/mol. The first-order valence-corrected chi connectivity index (χ1v) is 7.16. The highest BCUT2D eigenvalue weighted by molar-refractivity contribution is 6.01. The normalized spacial score (nSPS) is 16.7. The van der Waals surface area contributed by atoms with Crippen LogP contribution in [0.1, 0.15) is 12.5 Å². The second-order valence-electron chi connectivity index (χ2n) is 5.05. The number of ether oxygens (including phenoxy) is 2. The summed E-state index contributed by atoms with van der Waals surface area (Å²) in [5.41, 5.74) is 3.49. The molecular weight excluding hydrogens is 296 g/mol. The van der Waals surface area contributed by atoms with Crippen LogP contribution in [0.25, 0.3) is 0 Å². The third kappa shape index (κ3) is 3.26. The van der Waals surface area contributed by atoms with Gasteiger partial charge in [0, 0.05) is 5.56 Å². The SMILES string of the molecule is CC(=NNC(=O)C1COc2ccccc2O1)c1ccccc1O. The highest BCUT2D eigenvalue weighted by Crippen LogP contribution is 2.30. The van der Waals surface area contributed by atoms with Crippen molar-refractivity contribution in [2.75, 3.05) is 6.61 Å². The number of benzene rings is 2. The van der Waals surface area contributed by atoms with E-state index in [2.05, 4.69) is 10.5 Å². The summed E-state index contributed by atoms with van der Waals surface area (Å²) in [5.74, 6) is 0.842. The first kappa shape index (κ1) is 14.9. The molecule has 6 heteroatoms. The van der Waals surface area contributed by atoms with E-state index in [4.69, 9.17) is 9.47 Å². The fraction of sp³-hybridized carbons (Fsp3) is 0.176. The second-order valence-corrected chi connectivity index (χ2v) is 5.05. The minimum atomic E-state index is -0.772. The lowest BCUT2D eigenvalue weighted by Gasteiger charge is -2.24. The second kappa shape index (κ2) is 6.39. The summed E-state index contributed by atoms with van der Waals surface area (Å²) in [6.07, 6.45) is -0.772. The molecule has 1 aliphatic rings. The summed E-state index contributed by atoms with van der Waals surface area (Å²) in [5, 5.41) is 13.8. The zero-order chi connectivity index (χ0) is 16.2. The number of carbonyl (C=O) groups excluding carboxylic acids is 1. The summed E-state index contributed by atoms with van der Waals surface area (Å²) in [7, 11) is 0. The molecule has 0 bridgehead atoms. The van der Waals surface area contributed by atoms with Gasteiger partial charge in [-0.15, -0.1) is 0 Å². The maximum absolute atomic E-state index is 12.1. The van der Waals surface area contributed by atoms with Gasteiger partial charge < -0.3 is 14.6 Å². The Hall–Kier alpha value is -3.02. The molecule has 23 heavy (non-hydrogen) atoms. The fourth-order valence-corrected chi connectivity index (χ4v) is 2.20. The molecule has 0 saturated heterocycles. The Labute approximate surface area is 133 Å². The number of nitrogens with one attached hydrogen (secondary N) is 1. The smallest absolute Gasteiger partial charge is 0.284 e. The quantitative estimate of drug-likeness (QED) is 0.671. The highest BCUT2D eigenvalue weighted by atomic mass is 16.6. The number of amides is 1. The Morgan fingerprint density at radius 1 is 1.17 bits per heavy atom. The van der Waals surface area contributed by atoms with E-state index in [1.54, 1.807) is 43.3 Å². The van der Waals surface area contributed by atoms with Crippen LogP contribution >= 0.6 is 0 Å². The van der Waals surface area contributed by atoms with Crippen molar-refractivity contribution in [1.29, 1.82) is 0 Å². The number of fused-ring (bicyclic) bond motifs is 1. The number of phenolic OH excluding ortho intramolecular Hbond substituents is 1. The van der Waals surface area contributed by atoms with Gasteiger partial charge in [-0.2, -0.15) is 5.10 Å². The molecule has 0 spiro atoms. The molecule has 1 atom stereocenters. The van der Waals surface area contributed by atoms with Gasteiger partial charge >= 0.3 is 0 Å². The lowest BCUT2D eigenvalue weighted by molar-refractivity contribution is -0.130. The Bertz CT molecular complexity index is 758. The van der Waals surface area contributed by atoms with Crippen molar-refractivity contribution < 1.29 is 19.4 Å². The summed E-state index contributed by atoms with van der Waals surface area (Å²) in [6, 6.07) is 13.9. The molecule has 6 nitrogen and oxygen atoms in total. The van der Waals surface area contributed by atoms with Crippen LogP contribution < -0.4 is 14.9 Å². The summed E-state index contributed by atoms with van der Waals surface area (Å²) in [4.78, 5) is 12.1. The zero-order valence-corrected chi connectivity index (χ0v) is 12.5. The molecule has 1 aliphatic heterocycles. The molecule has 2 aromatic carbocycles. The van der Waals surface area contributed by atoms with Gasteiger partial charge in [0.2, 0.25) is 6.10 Å². The number of phenols is 1. The van der Waals surface area contributed by atoms with Crippen LogP contribution in [0.3, 0.4) is 0 Å². The van der Waals surface area contributed by atoms with Gasteiger partial charge in [-0.3, -0.25) is 4.79 Å². The van der Waals surface area contributed by atoms with Gasteiger partial charge in [-0.1, -0.05) is 24.3 Å². The third-order valence-electron chi connectivity index (χ3n) is 3.43. The van der Waals surface area contributed by atoms with Crippen LogP contribution in [0.2, 0.25) is 0 Å². The number of rotatable bonds is 3. The molecule has 0 saturated carbocycles. The van der Waals surface area contributed by atoms with Crippen LogP contribution in [0.5, 0.6) is 17.2 Å². The summed E-state index contributed by atoms with van der Waals surface area (Å²) < 4.78 is 11.1. The van der Waals surface area contributed by atoms with E-state index >= 15 is 0 Å². The maximum Gasteiger partial charge on any atom is 0.284 e. The minimum absolute atomic E-state index is 0.106. The number of para-hydroxylation sites is 3. The third-order valence-corrected chi connectivity index (χ3v) is 3.43. The van der Waals surface area contributed by atoms with Crippen LogP contribution in [0, 0.1) is 0 Å². The van der Waals surface area contributed by atoms with E-state index in [0.29, 0.717) is 22.8 Å². The molecule has 3 rings (SSSR count). The van der Waals surface area contributed by atoms with Gasteiger partial charge in [0.25, 0.3) is 5.91 Å². The lowest BCUT2D eigenvalue weighted by atomic mass is 10.1. The minimum Gasteiger partial charge on any atom is -0.507 e. The Morgan fingerprint density at radius 3 is 2.65 bits per heavy atom. The predicted molar refractivity (Wildman–Crippen MR) is 84.8 cm³/mol. The number of aromatic hydroxyl groups is 1. The number of hydrogen-bond acceptors (Lipinski definition) is 5. The number of carbonyl (C=O) groups is 1. The first-order valence-electron chi connectivity index (χ1n) is 7.16. The van der Waals surface area contributed by atoms with E-state index in [1.807, 2.05) is 12.1 Å². The zero-order valence-electron chi connectivity index (χ0n) is 12.5. The highest BCUT2D eigenvalue weighted by Gasteiger charge is 2.27. The van der Waals surface area contributed by atoms with Crippen molar-refractivity contribution in [1.82, 2.24) is 5.43 Å². The van der Waals surface area contributed by atoms with Crippen molar-refractivity contribution in [3.05, 3.63) is 54.1 Å². The largest absolute Gasteiger partial charge is 0.507 e. The van der Waals surface area contributed by atoms with Gasteiger partial charge in [0.1, 0.15) is 12.4 Å². The van der Waals surface area contributed by atoms with E-state index in [1.165, 1.54) is 0 Å². The fourth-order valence-electron chi connectivity index (χ4n) is 2.20. The molecule has 118 valence electrons. The standard InChI is InChI=1S/C17H16N2O4/c1-11(12-6-2-3-7-13(12)20)18-19-17(21)16-10-22-14-8-4-5-9-15(14)23-16/h2-9,16,20H,10H2,1H3,(H,19,21). The van der Waals surface area contributed by atoms with Crippen molar-refractivity contribution in [3.63, 3.8) is 0 Å². The van der Waals surface area contributed by atoms with Crippen molar-refractivity contribution in [3.8, 4) is 17.2 Å². The van der Waals surface area contributed by atoms with Crippen LogP contribution in [-0.2, 0) is 4.79 Å². The van der Waals surface area contributed by atoms with E-state index in [0.717, 1.165) is 0 Å². The van der Waals surface area contributed by atoms with Crippen molar-refractivity contribution in [2.45, 2.75) is 13.0 Å².